The van der Waals surface area contributed by atoms with E-state index in [4.69, 9.17) is 26.8 Å². The molecule has 1 aliphatic heterocycles. The highest BCUT2D eigenvalue weighted by Gasteiger charge is 2.54. The van der Waals surface area contributed by atoms with E-state index < -0.39 is 5.41 Å². The first kappa shape index (κ1) is 16.8. The Morgan fingerprint density at radius 3 is 2.81 bits per heavy atom. The number of nitrogens with zero attached hydrogens (tertiary/aromatic N) is 2. The van der Waals surface area contributed by atoms with Gasteiger partial charge < -0.3 is 15.2 Å². The third kappa shape index (κ3) is 2.14. The van der Waals surface area contributed by atoms with Crippen LogP contribution in [0.3, 0.4) is 0 Å². The van der Waals surface area contributed by atoms with Gasteiger partial charge in [0.15, 0.2) is 0 Å². The van der Waals surface area contributed by atoms with Crippen molar-refractivity contribution in [2.24, 2.45) is 11.7 Å². The molecule has 0 saturated heterocycles. The van der Waals surface area contributed by atoms with E-state index in [-0.39, 0.29) is 11.8 Å². The molecule has 1 aromatic heterocycles. The Morgan fingerprint density at radius 1 is 1.42 bits per heavy atom. The van der Waals surface area contributed by atoms with Crippen LogP contribution in [0.1, 0.15) is 36.1 Å². The predicted molar refractivity (Wildman–Crippen MR) is 96.9 cm³/mol. The first-order valence-corrected chi connectivity index (χ1v) is 8.88. The van der Waals surface area contributed by atoms with Crippen molar-refractivity contribution >= 4 is 11.6 Å². The molecular weight excluding hydrogens is 352 g/mol. The molecule has 7 heteroatoms. The van der Waals surface area contributed by atoms with E-state index in [0.29, 0.717) is 22.2 Å². The maximum absolute atomic E-state index is 10.0. The van der Waals surface area contributed by atoms with Gasteiger partial charge in [-0.2, -0.15) is 10.4 Å². The third-order valence-electron chi connectivity index (χ3n) is 5.55. The van der Waals surface area contributed by atoms with Crippen LogP contribution in [0.5, 0.6) is 11.6 Å². The molecule has 1 aromatic carbocycles. The number of nitrogens with one attached hydrogen (secondary N) is 1. The second kappa shape index (κ2) is 5.96. The van der Waals surface area contributed by atoms with Gasteiger partial charge in [-0.05, 0) is 49.4 Å². The van der Waals surface area contributed by atoms with Gasteiger partial charge in [-0.25, -0.2) is 5.10 Å². The molecule has 0 amide bonds. The number of fused-ring (bicyclic) bond motifs is 1. The summed E-state index contributed by atoms with van der Waals surface area (Å²) in [7, 11) is 1.60. The zero-order chi connectivity index (χ0) is 18.5. The van der Waals surface area contributed by atoms with Crippen molar-refractivity contribution in [1.82, 2.24) is 10.2 Å². The third-order valence-corrected chi connectivity index (χ3v) is 5.77. The number of aryl methyl sites for hydroxylation is 1. The fourth-order valence-corrected chi connectivity index (χ4v) is 4.48. The lowest BCUT2D eigenvalue weighted by Gasteiger charge is -2.47. The minimum Gasteiger partial charge on any atom is -0.497 e. The van der Waals surface area contributed by atoms with Crippen LogP contribution in [0.4, 0.5) is 0 Å². The summed E-state index contributed by atoms with van der Waals surface area (Å²) in [5.74, 6) is 1.44. The fraction of sp³-hybridized carbons (Fsp3) is 0.368. The van der Waals surface area contributed by atoms with E-state index in [0.717, 1.165) is 36.1 Å². The van der Waals surface area contributed by atoms with E-state index in [1.54, 1.807) is 13.2 Å². The van der Waals surface area contributed by atoms with Gasteiger partial charge in [-0.1, -0.05) is 18.0 Å². The summed E-state index contributed by atoms with van der Waals surface area (Å²) in [6, 6.07) is 7.87. The molecule has 3 N–H and O–H groups in total. The summed E-state index contributed by atoms with van der Waals surface area (Å²) in [6.07, 6.45) is 3.07. The van der Waals surface area contributed by atoms with Crippen LogP contribution >= 0.6 is 11.6 Å². The van der Waals surface area contributed by atoms with Gasteiger partial charge in [0.1, 0.15) is 17.4 Å². The highest BCUT2D eigenvalue weighted by atomic mass is 35.5. The van der Waals surface area contributed by atoms with Crippen molar-refractivity contribution in [3.63, 3.8) is 0 Å². The molecule has 2 aromatic rings. The number of halogens is 1. The van der Waals surface area contributed by atoms with Gasteiger partial charge in [-0.15, -0.1) is 0 Å². The fourth-order valence-electron chi connectivity index (χ4n) is 4.25. The summed E-state index contributed by atoms with van der Waals surface area (Å²) in [5.41, 5.74) is 8.35. The quantitative estimate of drug-likeness (QED) is 0.861. The smallest absolute Gasteiger partial charge is 0.222 e. The first-order valence-electron chi connectivity index (χ1n) is 8.51. The molecule has 6 nitrogen and oxygen atoms in total. The average molecular weight is 371 g/mol. The van der Waals surface area contributed by atoms with Crippen molar-refractivity contribution in [2.45, 2.75) is 31.6 Å². The Bertz CT molecular complexity index is 955. The SMILES string of the molecule is COc1cc(Cl)cc(C2(C3CCC3)C(C#N)=C(N)Oc3[nH]nc(C)c32)c1. The molecule has 0 bridgehead atoms. The first-order chi connectivity index (χ1) is 12.5. The van der Waals surface area contributed by atoms with Crippen LogP contribution in [0.25, 0.3) is 0 Å². The van der Waals surface area contributed by atoms with Crippen molar-refractivity contribution < 1.29 is 9.47 Å². The number of aromatic nitrogens is 2. The lowest BCUT2D eigenvalue weighted by atomic mass is 9.55. The normalized spacial score (nSPS) is 22.2. The average Bonchev–Trinajstić information content (AvgIpc) is 2.93. The van der Waals surface area contributed by atoms with E-state index >= 15 is 0 Å². The molecular formula is C19H19ClN4O2. The van der Waals surface area contributed by atoms with Crippen molar-refractivity contribution in [1.29, 1.82) is 5.26 Å². The number of aromatic amines is 1. The maximum Gasteiger partial charge on any atom is 0.222 e. The highest BCUT2D eigenvalue weighted by Crippen LogP contribution is 2.58. The van der Waals surface area contributed by atoms with E-state index in [1.165, 1.54) is 0 Å². The minimum atomic E-state index is -0.750. The van der Waals surface area contributed by atoms with Crippen LogP contribution in [-0.4, -0.2) is 17.3 Å². The Labute approximate surface area is 156 Å². The van der Waals surface area contributed by atoms with Crippen molar-refractivity contribution in [3.05, 3.63) is 51.5 Å². The van der Waals surface area contributed by atoms with Gasteiger partial charge in [-0.3, -0.25) is 0 Å². The number of ether oxygens (including phenoxy) is 2. The number of rotatable bonds is 3. The van der Waals surface area contributed by atoms with Gasteiger partial charge >= 0.3 is 0 Å². The largest absolute Gasteiger partial charge is 0.497 e. The van der Waals surface area contributed by atoms with Crippen LogP contribution in [0.15, 0.2) is 29.7 Å². The van der Waals surface area contributed by atoms with Crippen LogP contribution < -0.4 is 15.2 Å². The number of methoxy groups -OCH3 is 1. The van der Waals surface area contributed by atoms with E-state index in [9.17, 15) is 5.26 Å². The lowest BCUT2D eigenvalue weighted by molar-refractivity contribution is 0.206. The number of hydrogen-bond donors (Lipinski definition) is 2. The Balaban J connectivity index is 2.11. The van der Waals surface area contributed by atoms with Gasteiger partial charge in [0, 0.05) is 5.02 Å². The van der Waals surface area contributed by atoms with Crippen molar-refractivity contribution in [2.75, 3.05) is 7.11 Å². The highest BCUT2D eigenvalue weighted by molar-refractivity contribution is 6.30. The summed E-state index contributed by atoms with van der Waals surface area (Å²) < 4.78 is 11.1. The Hall–Kier alpha value is -2.65. The summed E-state index contributed by atoms with van der Waals surface area (Å²) in [5, 5.41) is 17.8. The molecule has 0 spiro atoms. The molecule has 1 atom stereocenters. The molecule has 0 radical (unpaired) electrons. The van der Waals surface area contributed by atoms with Crippen LogP contribution in [0, 0.1) is 24.2 Å². The molecule has 1 saturated carbocycles. The zero-order valence-corrected chi connectivity index (χ0v) is 15.4. The number of benzene rings is 1. The lowest BCUT2D eigenvalue weighted by Crippen LogP contribution is -2.45. The monoisotopic (exact) mass is 370 g/mol. The van der Waals surface area contributed by atoms with Crippen LogP contribution in [-0.2, 0) is 5.41 Å². The summed E-state index contributed by atoms with van der Waals surface area (Å²) >= 11 is 6.38. The minimum absolute atomic E-state index is 0.106. The molecule has 1 fully saturated rings. The van der Waals surface area contributed by atoms with Gasteiger partial charge in [0.2, 0.25) is 11.8 Å². The molecule has 1 unspecified atom stereocenters. The van der Waals surface area contributed by atoms with E-state index in [1.807, 2.05) is 19.1 Å². The number of nitriles is 1. The number of nitrogens with two attached hydrogens (primary N) is 1. The molecule has 134 valence electrons. The molecule has 2 heterocycles. The predicted octanol–water partition coefficient (Wildman–Crippen LogP) is 3.55. The topological polar surface area (TPSA) is 97.0 Å². The van der Waals surface area contributed by atoms with Crippen molar-refractivity contribution in [3.8, 4) is 17.7 Å². The number of H-pyrrole nitrogens is 1. The molecule has 4 rings (SSSR count). The molecule has 1 aliphatic carbocycles. The van der Waals surface area contributed by atoms with E-state index in [2.05, 4.69) is 16.3 Å². The second-order valence-corrected chi connectivity index (χ2v) is 7.22. The molecule has 2 aliphatic rings. The van der Waals surface area contributed by atoms with Gasteiger partial charge in [0.05, 0.1) is 23.8 Å². The summed E-state index contributed by atoms with van der Waals surface area (Å²) in [6.45, 7) is 1.91. The Kier molecular flexibility index (Phi) is 3.85. The second-order valence-electron chi connectivity index (χ2n) is 6.78. The standard InChI is InChI=1S/C19H19ClN4O2/c1-10-16-18(24-23-10)26-17(22)15(9-21)19(16,11-4-3-5-11)12-6-13(20)8-14(7-12)25-2/h6-8,11H,3-5,22H2,1-2H3,(H,23,24). The molecule has 26 heavy (non-hydrogen) atoms. The van der Waals surface area contributed by atoms with Crippen LogP contribution in [0.2, 0.25) is 5.02 Å². The van der Waals surface area contributed by atoms with Gasteiger partial charge in [0.25, 0.3) is 0 Å². The summed E-state index contributed by atoms with van der Waals surface area (Å²) in [4.78, 5) is 0. The zero-order valence-electron chi connectivity index (χ0n) is 14.6. The number of hydrogen-bond acceptors (Lipinski definition) is 5. The Morgan fingerprint density at radius 2 is 2.19 bits per heavy atom. The number of allylic oxidation sites excluding steroid dienone is 1. The maximum atomic E-state index is 10.0.